The van der Waals surface area contributed by atoms with E-state index < -0.39 is 97.5 Å². The van der Waals surface area contributed by atoms with E-state index in [1.165, 1.54) is 148 Å². The fourth-order valence-electron chi connectivity index (χ4n) is 10.7. The van der Waals surface area contributed by atoms with Gasteiger partial charge in [-0.05, 0) is 49.4 Å². The summed E-state index contributed by atoms with van der Waals surface area (Å²) in [5.41, 5.74) is 0. The quantitative estimate of drug-likeness (QED) is 0.0222. The molecule has 0 radical (unpaired) electrons. The maximum atomic E-state index is 13.0. The Morgan fingerprint density at radius 3 is 0.689 bits per heavy atom. The lowest BCUT2D eigenvalue weighted by Crippen LogP contribution is -2.30. The SMILES string of the molecule is CC(C)CCCCCCCCCCCCCCCCCCC(=O)OC[C@H](COP(=O)(O)OC[C@@H](O)COP(=O)(O)OC[C@@H](COC(=O)CCCCCCCCC(C)C)OC(=O)CCCCCCCCCCCC(C)C)OC(=O)CCCCCCCCCC(C)C. The molecule has 0 aromatic heterocycles. The molecule has 19 heteroatoms. The Morgan fingerprint density at radius 1 is 0.278 bits per heavy atom. The van der Waals surface area contributed by atoms with Crippen molar-refractivity contribution in [2.45, 2.75) is 369 Å². The highest BCUT2D eigenvalue weighted by molar-refractivity contribution is 7.47. The predicted octanol–water partition coefficient (Wildman–Crippen LogP) is 20.1. The van der Waals surface area contributed by atoms with Crippen molar-refractivity contribution in [1.82, 2.24) is 0 Å². The summed E-state index contributed by atoms with van der Waals surface area (Å²) in [6, 6.07) is 0. The van der Waals surface area contributed by atoms with Crippen molar-refractivity contribution < 1.29 is 80.2 Å². The molecule has 5 atom stereocenters. The number of esters is 4. The average Bonchev–Trinajstić information content (AvgIpc) is 3.22. The van der Waals surface area contributed by atoms with Crippen LogP contribution in [0.5, 0.6) is 0 Å². The number of aliphatic hydroxyl groups is 1. The Bertz CT molecular complexity index is 1780. The van der Waals surface area contributed by atoms with Crippen LogP contribution >= 0.6 is 15.6 Å². The molecule has 0 fully saturated rings. The van der Waals surface area contributed by atoms with Gasteiger partial charge in [0.25, 0.3) is 0 Å². The Labute approximate surface area is 549 Å². The number of hydrogen-bond donors (Lipinski definition) is 3. The molecule has 0 saturated heterocycles. The first kappa shape index (κ1) is 88.1. The van der Waals surface area contributed by atoms with E-state index in [-0.39, 0.29) is 25.7 Å². The van der Waals surface area contributed by atoms with Gasteiger partial charge >= 0.3 is 39.5 Å². The maximum absolute atomic E-state index is 13.0. The molecule has 0 aromatic carbocycles. The van der Waals surface area contributed by atoms with Gasteiger partial charge in [-0.1, -0.05) is 299 Å². The molecule has 0 heterocycles. The van der Waals surface area contributed by atoms with Gasteiger partial charge in [0.15, 0.2) is 12.2 Å². The third kappa shape index (κ3) is 64.8. The van der Waals surface area contributed by atoms with Crippen LogP contribution in [0.4, 0.5) is 0 Å². The molecule has 0 rings (SSSR count). The molecule has 0 aliphatic heterocycles. The molecule has 17 nitrogen and oxygen atoms in total. The van der Waals surface area contributed by atoms with Crippen molar-refractivity contribution in [3.05, 3.63) is 0 Å². The van der Waals surface area contributed by atoms with E-state index in [2.05, 4.69) is 55.4 Å². The van der Waals surface area contributed by atoms with Gasteiger partial charge in [-0.3, -0.25) is 37.3 Å². The number of unbranched alkanes of at least 4 members (excludes halogenated alkanes) is 34. The van der Waals surface area contributed by atoms with E-state index in [0.29, 0.717) is 37.5 Å². The van der Waals surface area contributed by atoms with E-state index in [4.69, 9.17) is 37.0 Å². The Kier molecular flexibility index (Phi) is 59.4. The highest BCUT2D eigenvalue weighted by atomic mass is 31.2. The number of phosphoric acid groups is 2. The summed E-state index contributed by atoms with van der Waals surface area (Å²) in [6.45, 7) is 14.0. The van der Waals surface area contributed by atoms with E-state index in [0.717, 1.165) is 108 Å². The van der Waals surface area contributed by atoms with Crippen molar-refractivity contribution in [2.75, 3.05) is 39.6 Å². The van der Waals surface area contributed by atoms with E-state index in [1.54, 1.807) is 0 Å². The summed E-state index contributed by atoms with van der Waals surface area (Å²) in [5, 5.41) is 10.6. The molecule has 0 amide bonds. The molecule has 90 heavy (non-hydrogen) atoms. The molecule has 0 aromatic rings. The third-order valence-corrected chi connectivity index (χ3v) is 18.2. The molecular formula is C71H138O17P2. The van der Waals surface area contributed by atoms with Crippen LogP contribution < -0.4 is 0 Å². The van der Waals surface area contributed by atoms with Gasteiger partial charge in [-0.15, -0.1) is 0 Å². The molecule has 534 valence electrons. The van der Waals surface area contributed by atoms with Crippen LogP contribution in [0.3, 0.4) is 0 Å². The van der Waals surface area contributed by atoms with Crippen LogP contribution in [-0.4, -0.2) is 96.7 Å². The fourth-order valence-corrected chi connectivity index (χ4v) is 12.2. The summed E-state index contributed by atoms with van der Waals surface area (Å²) >= 11 is 0. The number of carbonyl (C=O) groups excluding carboxylic acids is 4. The normalized spacial score (nSPS) is 14.3. The minimum absolute atomic E-state index is 0.103. The lowest BCUT2D eigenvalue weighted by Gasteiger charge is -2.21. The van der Waals surface area contributed by atoms with Gasteiger partial charge in [-0.25, -0.2) is 9.13 Å². The first-order valence-corrected chi connectivity index (χ1v) is 39.7. The number of rotatable bonds is 68. The molecule has 0 bridgehead atoms. The minimum Gasteiger partial charge on any atom is -0.462 e. The van der Waals surface area contributed by atoms with Gasteiger partial charge in [0.1, 0.15) is 19.3 Å². The zero-order valence-corrected chi connectivity index (χ0v) is 60.6. The molecule has 0 spiro atoms. The second-order valence-electron chi connectivity index (χ2n) is 27.5. The maximum Gasteiger partial charge on any atom is 0.472 e. The summed E-state index contributed by atoms with van der Waals surface area (Å²) in [4.78, 5) is 72.5. The van der Waals surface area contributed by atoms with Crippen LogP contribution in [0, 0.1) is 23.7 Å². The Hall–Kier alpha value is -1.94. The second-order valence-corrected chi connectivity index (χ2v) is 30.4. The summed E-state index contributed by atoms with van der Waals surface area (Å²) in [7, 11) is -9.90. The highest BCUT2D eigenvalue weighted by Gasteiger charge is 2.30. The fraction of sp³-hybridized carbons (Fsp3) is 0.944. The Balaban J connectivity index is 5.16. The van der Waals surface area contributed by atoms with Crippen LogP contribution in [0.25, 0.3) is 0 Å². The van der Waals surface area contributed by atoms with Crippen molar-refractivity contribution in [2.24, 2.45) is 23.7 Å². The number of aliphatic hydroxyl groups excluding tert-OH is 1. The third-order valence-electron chi connectivity index (χ3n) is 16.3. The number of hydrogen-bond acceptors (Lipinski definition) is 15. The topological polar surface area (TPSA) is 237 Å². The highest BCUT2D eigenvalue weighted by Crippen LogP contribution is 2.45. The van der Waals surface area contributed by atoms with Crippen molar-refractivity contribution in [3.8, 4) is 0 Å². The van der Waals surface area contributed by atoms with Gasteiger partial charge in [-0.2, -0.15) is 0 Å². The summed E-state index contributed by atoms with van der Waals surface area (Å²) in [5.74, 6) is 0.791. The number of ether oxygens (including phenoxy) is 4. The lowest BCUT2D eigenvalue weighted by molar-refractivity contribution is -0.161. The zero-order chi connectivity index (χ0) is 66.8. The first-order chi connectivity index (χ1) is 43.1. The van der Waals surface area contributed by atoms with Crippen LogP contribution in [-0.2, 0) is 65.4 Å². The van der Waals surface area contributed by atoms with Gasteiger partial charge in [0.05, 0.1) is 26.4 Å². The zero-order valence-electron chi connectivity index (χ0n) is 58.8. The molecule has 0 saturated carbocycles. The number of phosphoric ester groups is 2. The van der Waals surface area contributed by atoms with E-state index in [9.17, 15) is 43.2 Å². The van der Waals surface area contributed by atoms with Crippen LogP contribution in [0.2, 0.25) is 0 Å². The van der Waals surface area contributed by atoms with Gasteiger partial charge < -0.3 is 33.8 Å². The first-order valence-electron chi connectivity index (χ1n) is 36.7. The molecule has 0 aliphatic carbocycles. The monoisotopic (exact) mass is 1320 g/mol. The number of carbonyl (C=O) groups is 4. The minimum atomic E-state index is -4.95. The van der Waals surface area contributed by atoms with E-state index >= 15 is 0 Å². The molecule has 0 aliphatic rings. The molecular weight excluding hydrogens is 1190 g/mol. The van der Waals surface area contributed by atoms with Gasteiger partial charge in [0, 0.05) is 25.7 Å². The van der Waals surface area contributed by atoms with Gasteiger partial charge in [0.2, 0.25) is 0 Å². The molecule has 3 N–H and O–H groups in total. The average molecular weight is 1330 g/mol. The van der Waals surface area contributed by atoms with Crippen molar-refractivity contribution in [1.29, 1.82) is 0 Å². The van der Waals surface area contributed by atoms with E-state index in [1.807, 2.05) is 0 Å². The largest absolute Gasteiger partial charge is 0.472 e. The van der Waals surface area contributed by atoms with Crippen LogP contribution in [0.1, 0.15) is 351 Å². The smallest absolute Gasteiger partial charge is 0.462 e. The predicted molar refractivity (Wildman–Crippen MR) is 363 cm³/mol. The molecule has 2 unspecified atom stereocenters. The summed E-state index contributed by atoms with van der Waals surface area (Å²) < 4.78 is 68.2. The van der Waals surface area contributed by atoms with Crippen LogP contribution in [0.15, 0.2) is 0 Å². The second kappa shape index (κ2) is 60.7. The lowest BCUT2D eigenvalue weighted by atomic mass is 10.0. The standard InChI is InChI=1S/C71H138O17P2/c1-61(2)47-39-31-23-18-15-13-11-9-10-12-14-16-20-26-35-43-51-68(73)81-57-66(88-71(76)54-46-38-28-22-25-33-41-49-63(5)6)59-85-89(77,78)83-55-65(72)56-84-90(79,80)86-60-67(58-82-69(74)52-44-36-30-29-34-42-50-64(7)8)87-70(75)53-45-37-27-21-17-19-24-32-40-48-62(3)4/h61-67,72H,9-60H2,1-8H3,(H,77,78)(H,79,80)/t65-,66-,67-/m1/s1. The summed E-state index contributed by atoms with van der Waals surface area (Å²) in [6.07, 6.45) is 43.4. The van der Waals surface area contributed by atoms with Crippen molar-refractivity contribution >= 4 is 39.5 Å². The Morgan fingerprint density at radius 2 is 0.467 bits per heavy atom. The van der Waals surface area contributed by atoms with Crippen molar-refractivity contribution in [3.63, 3.8) is 0 Å².